The van der Waals surface area contributed by atoms with Crippen LogP contribution in [0.3, 0.4) is 0 Å². The molecule has 0 saturated carbocycles. The fourth-order valence-corrected chi connectivity index (χ4v) is 4.91. The van der Waals surface area contributed by atoms with E-state index in [4.69, 9.17) is 0 Å². The van der Waals surface area contributed by atoms with Crippen molar-refractivity contribution >= 4 is 32.4 Å². The number of benzene rings is 2. The molecule has 0 fully saturated rings. The summed E-state index contributed by atoms with van der Waals surface area (Å²) in [6.45, 7) is 3.92. The lowest BCUT2D eigenvalue weighted by Crippen LogP contribution is -2.50. The Morgan fingerprint density at radius 2 is 1.75 bits per heavy atom. The summed E-state index contributed by atoms with van der Waals surface area (Å²) in [6.07, 6.45) is 2.33. The maximum absolute atomic E-state index is 13.0. The van der Waals surface area contributed by atoms with Crippen molar-refractivity contribution in [2.75, 3.05) is 6.54 Å². The number of aromatic nitrogens is 3. The molecule has 0 spiro atoms. The van der Waals surface area contributed by atoms with Crippen molar-refractivity contribution in [2.24, 2.45) is 5.92 Å². The Morgan fingerprint density at radius 3 is 2.53 bits per heavy atom. The van der Waals surface area contributed by atoms with Crippen LogP contribution >= 0.6 is 0 Å². The number of pyridine rings is 1. The fourth-order valence-electron chi connectivity index (χ4n) is 3.53. The van der Waals surface area contributed by atoms with E-state index in [9.17, 15) is 13.2 Å². The second-order valence-corrected chi connectivity index (χ2v) is 9.65. The highest BCUT2D eigenvalue weighted by Crippen LogP contribution is 2.19. The Kier molecular flexibility index (Phi) is 6.20. The molecule has 4 aromatic rings. The van der Waals surface area contributed by atoms with E-state index in [0.717, 1.165) is 22.2 Å². The van der Waals surface area contributed by atoms with Gasteiger partial charge in [-0.1, -0.05) is 50.2 Å². The molecule has 32 heavy (non-hydrogen) atoms. The normalized spacial score (nSPS) is 13.0. The zero-order valence-corrected chi connectivity index (χ0v) is 18.7. The zero-order valence-electron chi connectivity index (χ0n) is 17.9. The summed E-state index contributed by atoms with van der Waals surface area (Å²) in [4.78, 5) is 12.9. The van der Waals surface area contributed by atoms with Gasteiger partial charge in [-0.2, -0.15) is 4.72 Å². The smallest absolute Gasteiger partial charge is 0.241 e. The summed E-state index contributed by atoms with van der Waals surface area (Å²) in [5.41, 5.74) is 0.733. The van der Waals surface area contributed by atoms with Crippen molar-refractivity contribution in [3.8, 4) is 0 Å². The first-order valence-corrected chi connectivity index (χ1v) is 11.9. The minimum Gasteiger partial charge on any atom is -0.354 e. The van der Waals surface area contributed by atoms with Gasteiger partial charge in [0.1, 0.15) is 11.9 Å². The Morgan fingerprint density at radius 1 is 1.00 bits per heavy atom. The predicted octanol–water partition coefficient (Wildman–Crippen LogP) is 2.54. The van der Waals surface area contributed by atoms with Crippen molar-refractivity contribution in [2.45, 2.75) is 31.2 Å². The molecule has 2 N–H and O–H groups in total. The van der Waals surface area contributed by atoms with E-state index in [1.54, 1.807) is 32.0 Å². The van der Waals surface area contributed by atoms with Crippen molar-refractivity contribution < 1.29 is 13.2 Å². The van der Waals surface area contributed by atoms with Gasteiger partial charge < -0.3 is 5.32 Å². The largest absolute Gasteiger partial charge is 0.354 e. The molecule has 0 saturated heterocycles. The Bertz CT molecular complexity index is 1360. The molecule has 9 heteroatoms. The van der Waals surface area contributed by atoms with E-state index in [1.807, 2.05) is 53.1 Å². The number of fused-ring (bicyclic) bond motifs is 2. The van der Waals surface area contributed by atoms with Crippen LogP contribution in [0.15, 0.2) is 71.8 Å². The molecular weight excluding hydrogens is 426 g/mol. The highest BCUT2D eigenvalue weighted by molar-refractivity contribution is 7.89. The van der Waals surface area contributed by atoms with Crippen molar-refractivity contribution in [1.82, 2.24) is 24.6 Å². The average molecular weight is 452 g/mol. The molecule has 0 aliphatic heterocycles. The number of rotatable bonds is 8. The first-order chi connectivity index (χ1) is 15.3. The third-order valence-corrected chi connectivity index (χ3v) is 6.73. The van der Waals surface area contributed by atoms with Crippen LogP contribution in [0.25, 0.3) is 16.4 Å². The second kappa shape index (κ2) is 9.05. The van der Waals surface area contributed by atoms with Crippen LogP contribution in [-0.4, -0.2) is 41.5 Å². The SMILES string of the molecule is CC(C)C(NS(=O)(=O)c1ccc2ccccc2c1)C(=O)NCCc1nnc2ccccn12. The molecule has 1 unspecified atom stereocenters. The van der Waals surface area contributed by atoms with Crippen LogP contribution in [0.2, 0.25) is 0 Å². The van der Waals surface area contributed by atoms with Gasteiger partial charge in [-0.25, -0.2) is 8.42 Å². The quantitative estimate of drug-likeness (QED) is 0.428. The van der Waals surface area contributed by atoms with Crippen LogP contribution in [-0.2, 0) is 21.2 Å². The monoisotopic (exact) mass is 451 g/mol. The van der Waals surface area contributed by atoms with Gasteiger partial charge in [-0.3, -0.25) is 9.20 Å². The predicted molar refractivity (Wildman–Crippen MR) is 123 cm³/mol. The average Bonchev–Trinajstić information content (AvgIpc) is 3.20. The van der Waals surface area contributed by atoms with Crippen LogP contribution < -0.4 is 10.0 Å². The van der Waals surface area contributed by atoms with E-state index in [0.29, 0.717) is 13.0 Å². The van der Waals surface area contributed by atoms with Gasteiger partial charge >= 0.3 is 0 Å². The highest BCUT2D eigenvalue weighted by Gasteiger charge is 2.28. The van der Waals surface area contributed by atoms with Crippen molar-refractivity contribution in [1.29, 1.82) is 0 Å². The summed E-state index contributed by atoms with van der Waals surface area (Å²) in [5.74, 6) is 0.107. The number of nitrogens with one attached hydrogen (secondary N) is 2. The maximum atomic E-state index is 13.0. The lowest BCUT2D eigenvalue weighted by atomic mass is 10.1. The number of amides is 1. The molecule has 2 heterocycles. The number of hydrogen-bond donors (Lipinski definition) is 2. The summed E-state index contributed by atoms with van der Waals surface area (Å²) >= 11 is 0. The number of carbonyl (C=O) groups is 1. The topological polar surface area (TPSA) is 105 Å². The standard InChI is InChI=1S/C23H25N5O3S/c1-16(2)22(23(29)24-13-12-21-26-25-20-9-5-6-14-28(20)21)27-32(30,31)19-11-10-17-7-3-4-8-18(17)15-19/h3-11,14-16,22,27H,12-13H2,1-2H3,(H,24,29). The minimum absolute atomic E-state index is 0.129. The Labute approximate surface area is 186 Å². The number of sulfonamides is 1. The maximum Gasteiger partial charge on any atom is 0.241 e. The van der Waals surface area contributed by atoms with Gasteiger partial charge in [0.25, 0.3) is 0 Å². The van der Waals surface area contributed by atoms with Gasteiger partial charge in [0.05, 0.1) is 4.90 Å². The van der Waals surface area contributed by atoms with Crippen LogP contribution in [0, 0.1) is 5.92 Å². The molecule has 166 valence electrons. The van der Waals surface area contributed by atoms with E-state index < -0.39 is 16.1 Å². The van der Waals surface area contributed by atoms with E-state index in [2.05, 4.69) is 20.2 Å². The fraction of sp³-hybridized carbons (Fsp3) is 0.261. The van der Waals surface area contributed by atoms with Gasteiger partial charge in [0.15, 0.2) is 5.65 Å². The molecule has 2 aromatic heterocycles. The lowest BCUT2D eigenvalue weighted by molar-refractivity contribution is -0.123. The van der Waals surface area contributed by atoms with Gasteiger partial charge in [0, 0.05) is 19.2 Å². The molecule has 0 radical (unpaired) electrons. The Balaban J connectivity index is 1.44. The molecule has 4 rings (SSSR count). The van der Waals surface area contributed by atoms with Crippen LogP contribution in [0.5, 0.6) is 0 Å². The Hall–Kier alpha value is -3.30. The summed E-state index contributed by atoms with van der Waals surface area (Å²) < 4.78 is 30.4. The molecule has 0 aliphatic carbocycles. The third-order valence-electron chi connectivity index (χ3n) is 5.29. The molecule has 1 amide bonds. The van der Waals surface area contributed by atoms with E-state index in [1.165, 1.54) is 0 Å². The molecule has 0 aliphatic rings. The van der Waals surface area contributed by atoms with Gasteiger partial charge in [-0.05, 0) is 41.0 Å². The highest BCUT2D eigenvalue weighted by atomic mass is 32.2. The molecule has 1 atom stereocenters. The molecule has 8 nitrogen and oxygen atoms in total. The number of hydrogen-bond acceptors (Lipinski definition) is 5. The van der Waals surface area contributed by atoms with Crippen molar-refractivity contribution in [3.05, 3.63) is 72.7 Å². The summed E-state index contributed by atoms with van der Waals surface area (Å²) in [6, 6.07) is 17.2. The lowest BCUT2D eigenvalue weighted by Gasteiger charge is -2.21. The van der Waals surface area contributed by atoms with Gasteiger partial charge in [-0.15, -0.1) is 10.2 Å². The first kappa shape index (κ1) is 21.9. The number of carbonyl (C=O) groups excluding carboxylic acids is 1. The van der Waals surface area contributed by atoms with Crippen molar-refractivity contribution in [3.63, 3.8) is 0 Å². The minimum atomic E-state index is -3.88. The first-order valence-electron chi connectivity index (χ1n) is 10.4. The second-order valence-electron chi connectivity index (χ2n) is 7.94. The van der Waals surface area contributed by atoms with Crippen LogP contribution in [0.4, 0.5) is 0 Å². The van der Waals surface area contributed by atoms with Gasteiger partial charge in [0.2, 0.25) is 15.9 Å². The van der Waals surface area contributed by atoms with E-state index >= 15 is 0 Å². The molecule has 2 aromatic carbocycles. The molecular formula is C23H25N5O3S. The third kappa shape index (κ3) is 4.63. The number of nitrogens with zero attached hydrogens (tertiary/aromatic N) is 3. The molecule has 0 bridgehead atoms. The van der Waals surface area contributed by atoms with Crippen LogP contribution in [0.1, 0.15) is 19.7 Å². The summed E-state index contributed by atoms with van der Waals surface area (Å²) in [7, 11) is -3.88. The summed E-state index contributed by atoms with van der Waals surface area (Å²) in [5, 5.41) is 12.8. The van der Waals surface area contributed by atoms with E-state index in [-0.39, 0.29) is 16.7 Å². The zero-order chi connectivity index (χ0) is 22.7.